The highest BCUT2D eigenvalue weighted by atomic mass is 16.5. The Kier molecular flexibility index (Phi) is 4.50. The molecule has 0 radical (unpaired) electrons. The Morgan fingerprint density at radius 2 is 1.94 bits per heavy atom. The fourth-order valence-electron chi connectivity index (χ4n) is 1.51. The molecule has 1 aromatic carbocycles. The highest BCUT2D eigenvalue weighted by molar-refractivity contribution is 5.69. The van der Waals surface area contributed by atoms with Crippen LogP contribution in [0.25, 0.3) is 0 Å². The van der Waals surface area contributed by atoms with Gasteiger partial charge in [-0.1, -0.05) is 32.4 Å². The summed E-state index contributed by atoms with van der Waals surface area (Å²) in [6.45, 7) is 5.64. The van der Waals surface area contributed by atoms with Gasteiger partial charge in [0.1, 0.15) is 5.75 Å². The van der Waals surface area contributed by atoms with Crippen LogP contribution in [0, 0.1) is 5.92 Å². The number of carbonyl (C=O) groups is 1. The zero-order valence-electron chi connectivity index (χ0n) is 10.1. The van der Waals surface area contributed by atoms with E-state index in [4.69, 9.17) is 10.5 Å². The molecule has 0 spiro atoms. The van der Waals surface area contributed by atoms with Gasteiger partial charge in [-0.2, -0.15) is 0 Å². The molecule has 3 heteroatoms. The summed E-state index contributed by atoms with van der Waals surface area (Å²) in [5.74, 6) is 0.700. The molecule has 1 rings (SSSR count). The average molecular weight is 221 g/mol. The van der Waals surface area contributed by atoms with Crippen molar-refractivity contribution in [1.29, 1.82) is 0 Å². The van der Waals surface area contributed by atoms with E-state index in [-0.39, 0.29) is 12.0 Å². The highest BCUT2D eigenvalue weighted by Crippen LogP contribution is 2.23. The Labute approximate surface area is 96.6 Å². The van der Waals surface area contributed by atoms with Gasteiger partial charge in [0, 0.05) is 13.0 Å². The van der Waals surface area contributed by atoms with Gasteiger partial charge in [-0.05, 0) is 23.6 Å². The number of hydrogen-bond donors (Lipinski definition) is 1. The molecule has 16 heavy (non-hydrogen) atoms. The van der Waals surface area contributed by atoms with E-state index in [0.29, 0.717) is 11.7 Å². The third-order valence-corrected chi connectivity index (χ3v) is 2.78. The van der Waals surface area contributed by atoms with Crippen LogP contribution >= 0.6 is 0 Å². The fourth-order valence-corrected chi connectivity index (χ4v) is 1.51. The Morgan fingerprint density at radius 3 is 2.38 bits per heavy atom. The van der Waals surface area contributed by atoms with Crippen molar-refractivity contribution >= 4 is 5.97 Å². The molecule has 0 aliphatic rings. The van der Waals surface area contributed by atoms with Crippen LogP contribution in [-0.2, 0) is 4.79 Å². The molecule has 0 aliphatic carbocycles. The summed E-state index contributed by atoms with van der Waals surface area (Å²) in [6.07, 6.45) is 1.05. The Bertz CT molecular complexity index is 345. The molecule has 3 nitrogen and oxygen atoms in total. The molecule has 0 saturated carbocycles. The summed E-state index contributed by atoms with van der Waals surface area (Å²) in [4.78, 5) is 10.7. The number of esters is 1. The van der Waals surface area contributed by atoms with Crippen LogP contribution in [0.3, 0.4) is 0 Å². The van der Waals surface area contributed by atoms with Crippen LogP contribution in [0.5, 0.6) is 5.75 Å². The summed E-state index contributed by atoms with van der Waals surface area (Å²) >= 11 is 0. The summed E-state index contributed by atoms with van der Waals surface area (Å²) in [7, 11) is 0. The normalized spacial score (nSPS) is 14.2. The largest absolute Gasteiger partial charge is 0.427 e. The predicted molar refractivity (Wildman–Crippen MR) is 64.1 cm³/mol. The first-order valence-corrected chi connectivity index (χ1v) is 5.58. The van der Waals surface area contributed by atoms with Gasteiger partial charge in [0.2, 0.25) is 0 Å². The van der Waals surface area contributed by atoms with Crippen LogP contribution in [0.2, 0.25) is 0 Å². The first-order chi connectivity index (χ1) is 7.54. The van der Waals surface area contributed by atoms with Crippen LogP contribution in [0.15, 0.2) is 24.3 Å². The molecule has 0 aromatic heterocycles. The molecule has 1 unspecified atom stereocenters. The summed E-state index contributed by atoms with van der Waals surface area (Å²) in [6, 6.07) is 7.42. The van der Waals surface area contributed by atoms with Crippen LogP contribution < -0.4 is 10.5 Å². The molecular formula is C13H19NO2. The standard InChI is InChI=1S/C13H19NO2/c1-4-9(2)13(14)11-5-7-12(8-6-11)16-10(3)15/h5-9,13H,4,14H2,1-3H3/t9?,13-/m0/s1. The van der Waals surface area contributed by atoms with E-state index in [1.54, 1.807) is 12.1 Å². The van der Waals surface area contributed by atoms with Crippen molar-refractivity contribution in [2.45, 2.75) is 33.2 Å². The van der Waals surface area contributed by atoms with Gasteiger partial charge >= 0.3 is 5.97 Å². The summed E-state index contributed by atoms with van der Waals surface area (Å²) in [5.41, 5.74) is 7.17. The monoisotopic (exact) mass is 221 g/mol. The highest BCUT2D eigenvalue weighted by Gasteiger charge is 2.12. The molecular weight excluding hydrogens is 202 g/mol. The average Bonchev–Trinajstić information content (AvgIpc) is 2.27. The van der Waals surface area contributed by atoms with E-state index < -0.39 is 0 Å². The molecule has 0 amide bonds. The van der Waals surface area contributed by atoms with Crippen LogP contribution in [0.4, 0.5) is 0 Å². The van der Waals surface area contributed by atoms with Crippen molar-refractivity contribution < 1.29 is 9.53 Å². The number of nitrogens with two attached hydrogens (primary N) is 1. The second-order valence-electron chi connectivity index (χ2n) is 4.07. The van der Waals surface area contributed by atoms with Crippen LogP contribution in [-0.4, -0.2) is 5.97 Å². The van der Waals surface area contributed by atoms with Gasteiger partial charge in [0.15, 0.2) is 0 Å². The maximum atomic E-state index is 10.7. The lowest BCUT2D eigenvalue weighted by Gasteiger charge is -2.18. The number of carbonyl (C=O) groups excluding carboxylic acids is 1. The maximum absolute atomic E-state index is 10.7. The Morgan fingerprint density at radius 1 is 1.38 bits per heavy atom. The lowest BCUT2D eigenvalue weighted by atomic mass is 9.93. The van der Waals surface area contributed by atoms with E-state index in [2.05, 4.69) is 13.8 Å². The molecule has 2 atom stereocenters. The van der Waals surface area contributed by atoms with Crippen molar-refractivity contribution in [2.75, 3.05) is 0 Å². The second kappa shape index (κ2) is 5.66. The van der Waals surface area contributed by atoms with E-state index in [9.17, 15) is 4.79 Å². The van der Waals surface area contributed by atoms with Gasteiger partial charge in [-0.3, -0.25) is 4.79 Å². The Hall–Kier alpha value is -1.35. The summed E-state index contributed by atoms with van der Waals surface area (Å²) in [5, 5.41) is 0. The lowest BCUT2D eigenvalue weighted by Crippen LogP contribution is -2.18. The van der Waals surface area contributed by atoms with E-state index in [1.165, 1.54) is 6.92 Å². The minimum Gasteiger partial charge on any atom is -0.427 e. The molecule has 2 N–H and O–H groups in total. The van der Waals surface area contributed by atoms with E-state index in [1.807, 2.05) is 12.1 Å². The summed E-state index contributed by atoms with van der Waals surface area (Å²) < 4.78 is 4.96. The number of hydrogen-bond acceptors (Lipinski definition) is 3. The van der Waals surface area contributed by atoms with Gasteiger partial charge < -0.3 is 10.5 Å². The topological polar surface area (TPSA) is 52.3 Å². The van der Waals surface area contributed by atoms with Crippen molar-refractivity contribution in [1.82, 2.24) is 0 Å². The zero-order chi connectivity index (χ0) is 12.1. The molecule has 0 bridgehead atoms. The third kappa shape index (κ3) is 3.35. The number of rotatable bonds is 4. The van der Waals surface area contributed by atoms with Crippen molar-refractivity contribution in [2.24, 2.45) is 11.7 Å². The van der Waals surface area contributed by atoms with Gasteiger partial charge in [-0.15, -0.1) is 0 Å². The lowest BCUT2D eigenvalue weighted by molar-refractivity contribution is -0.131. The molecule has 0 fully saturated rings. The van der Waals surface area contributed by atoms with Gasteiger partial charge in [-0.25, -0.2) is 0 Å². The smallest absolute Gasteiger partial charge is 0.308 e. The minimum absolute atomic E-state index is 0.0383. The third-order valence-electron chi connectivity index (χ3n) is 2.78. The van der Waals surface area contributed by atoms with E-state index in [0.717, 1.165) is 12.0 Å². The number of benzene rings is 1. The minimum atomic E-state index is -0.307. The van der Waals surface area contributed by atoms with E-state index >= 15 is 0 Å². The van der Waals surface area contributed by atoms with Gasteiger partial charge in [0.25, 0.3) is 0 Å². The van der Waals surface area contributed by atoms with Crippen LogP contribution in [0.1, 0.15) is 38.8 Å². The molecule has 0 heterocycles. The molecule has 1 aromatic rings. The van der Waals surface area contributed by atoms with Crippen molar-refractivity contribution in [3.8, 4) is 5.75 Å². The molecule has 88 valence electrons. The molecule has 0 aliphatic heterocycles. The Balaban J connectivity index is 2.74. The maximum Gasteiger partial charge on any atom is 0.308 e. The van der Waals surface area contributed by atoms with Crippen molar-refractivity contribution in [3.63, 3.8) is 0 Å². The second-order valence-corrected chi connectivity index (χ2v) is 4.07. The van der Waals surface area contributed by atoms with Crippen molar-refractivity contribution in [3.05, 3.63) is 29.8 Å². The predicted octanol–water partition coefficient (Wildman–Crippen LogP) is 2.66. The first kappa shape index (κ1) is 12.7. The number of ether oxygens (including phenoxy) is 1. The quantitative estimate of drug-likeness (QED) is 0.628. The zero-order valence-corrected chi connectivity index (χ0v) is 10.1. The first-order valence-electron chi connectivity index (χ1n) is 5.58. The fraction of sp³-hybridized carbons (Fsp3) is 0.462. The molecule has 0 saturated heterocycles. The SMILES string of the molecule is CCC(C)[C@H](N)c1ccc(OC(C)=O)cc1. The van der Waals surface area contributed by atoms with Gasteiger partial charge in [0.05, 0.1) is 0 Å².